The van der Waals surface area contributed by atoms with Gasteiger partial charge in [-0.25, -0.2) is 0 Å². The predicted octanol–water partition coefficient (Wildman–Crippen LogP) is -0.0222. The van der Waals surface area contributed by atoms with Crippen LogP contribution >= 0.6 is 11.6 Å². The van der Waals surface area contributed by atoms with Crippen molar-refractivity contribution < 1.29 is 20.6 Å². The van der Waals surface area contributed by atoms with E-state index in [0.29, 0.717) is 12.1 Å². The van der Waals surface area contributed by atoms with Crippen molar-refractivity contribution in [1.82, 2.24) is 0 Å². The van der Waals surface area contributed by atoms with Crippen molar-refractivity contribution >= 4 is 11.6 Å². The lowest BCUT2D eigenvalue weighted by atomic mass is 10.1. The van der Waals surface area contributed by atoms with Gasteiger partial charge in [-0.05, 0) is 17.7 Å². The standard InChI is InChI=1S/C9H12ClNO3/c1-11-4-8(13)5-2-6(10)9(14)7(12)3-5/h2-3,8,11-14H,4H2,1H3/p+1. The molecule has 1 unspecified atom stereocenters. The normalized spacial score (nSPS) is 12.8. The maximum absolute atomic E-state index is 9.58. The lowest BCUT2D eigenvalue weighted by Crippen LogP contribution is -2.80. The van der Waals surface area contributed by atoms with Gasteiger partial charge >= 0.3 is 0 Å². The Morgan fingerprint density at radius 1 is 1.43 bits per heavy atom. The highest BCUT2D eigenvalue weighted by molar-refractivity contribution is 6.32. The number of phenols is 2. The van der Waals surface area contributed by atoms with Crippen LogP contribution in [0.2, 0.25) is 5.02 Å². The Morgan fingerprint density at radius 2 is 2.07 bits per heavy atom. The summed E-state index contributed by atoms with van der Waals surface area (Å²) in [5.74, 6) is -0.675. The van der Waals surface area contributed by atoms with Gasteiger partial charge < -0.3 is 20.6 Å². The molecule has 0 amide bonds. The number of aliphatic hydroxyl groups excluding tert-OH is 1. The molecule has 1 atom stereocenters. The van der Waals surface area contributed by atoms with E-state index in [1.165, 1.54) is 12.1 Å². The molecule has 0 fully saturated rings. The van der Waals surface area contributed by atoms with E-state index in [2.05, 4.69) is 0 Å². The zero-order valence-electron chi connectivity index (χ0n) is 7.74. The summed E-state index contributed by atoms with van der Waals surface area (Å²) in [5.41, 5.74) is 0.489. The van der Waals surface area contributed by atoms with Gasteiger partial charge in [-0.2, -0.15) is 0 Å². The third kappa shape index (κ3) is 2.29. The number of likely N-dealkylation sites (N-methyl/N-ethyl adjacent to an activating group) is 1. The van der Waals surface area contributed by atoms with Crippen LogP contribution in [0.25, 0.3) is 0 Å². The van der Waals surface area contributed by atoms with Crippen molar-refractivity contribution in [3.8, 4) is 11.5 Å². The van der Waals surface area contributed by atoms with Crippen LogP contribution in [0, 0.1) is 0 Å². The molecular weight excluding hydrogens is 206 g/mol. The number of nitrogens with two attached hydrogens (primary N) is 1. The van der Waals surface area contributed by atoms with E-state index in [1.807, 2.05) is 12.4 Å². The highest BCUT2D eigenvalue weighted by atomic mass is 35.5. The van der Waals surface area contributed by atoms with Crippen molar-refractivity contribution in [3.05, 3.63) is 22.7 Å². The maximum Gasteiger partial charge on any atom is 0.176 e. The molecule has 5 heteroatoms. The molecule has 0 spiro atoms. The number of aromatic hydroxyl groups is 2. The second kappa shape index (κ2) is 4.50. The average molecular weight is 219 g/mol. The van der Waals surface area contributed by atoms with Gasteiger partial charge in [-0.1, -0.05) is 11.6 Å². The minimum atomic E-state index is -0.705. The van der Waals surface area contributed by atoms with Crippen molar-refractivity contribution in [2.24, 2.45) is 0 Å². The average Bonchev–Trinajstić information content (AvgIpc) is 2.13. The smallest absolute Gasteiger partial charge is 0.176 e. The minimum absolute atomic E-state index is 0.0372. The molecule has 1 aromatic carbocycles. The predicted molar refractivity (Wildman–Crippen MR) is 52.5 cm³/mol. The van der Waals surface area contributed by atoms with Gasteiger partial charge in [-0.15, -0.1) is 0 Å². The molecule has 0 saturated carbocycles. The first kappa shape index (κ1) is 11.1. The molecule has 4 nitrogen and oxygen atoms in total. The Morgan fingerprint density at radius 3 is 2.57 bits per heavy atom. The van der Waals surface area contributed by atoms with Crippen LogP contribution in [-0.4, -0.2) is 28.9 Å². The first-order valence-corrected chi connectivity index (χ1v) is 4.61. The van der Waals surface area contributed by atoms with Crippen molar-refractivity contribution in [2.45, 2.75) is 6.10 Å². The summed E-state index contributed by atoms with van der Waals surface area (Å²) < 4.78 is 0. The summed E-state index contributed by atoms with van der Waals surface area (Å²) in [5, 5.41) is 29.8. The van der Waals surface area contributed by atoms with Crippen molar-refractivity contribution in [1.29, 1.82) is 0 Å². The number of halogens is 1. The number of aliphatic hydroxyl groups is 1. The second-order valence-electron chi connectivity index (χ2n) is 3.03. The van der Waals surface area contributed by atoms with Gasteiger partial charge in [0.15, 0.2) is 11.5 Å². The van der Waals surface area contributed by atoms with Crippen molar-refractivity contribution in [3.63, 3.8) is 0 Å². The monoisotopic (exact) mass is 218 g/mol. The largest absolute Gasteiger partial charge is 0.504 e. The number of hydrogen-bond acceptors (Lipinski definition) is 3. The second-order valence-corrected chi connectivity index (χ2v) is 3.44. The summed E-state index contributed by atoms with van der Waals surface area (Å²) in [6, 6.07) is 2.74. The molecular formula is C9H13ClNO3+. The molecule has 0 bridgehead atoms. The number of quaternary nitrogens is 1. The summed E-state index contributed by atoms with van der Waals surface area (Å²) in [6.45, 7) is 0.473. The third-order valence-electron chi connectivity index (χ3n) is 1.91. The first-order chi connectivity index (χ1) is 6.56. The van der Waals surface area contributed by atoms with Gasteiger partial charge in [-0.3, -0.25) is 0 Å². The fourth-order valence-corrected chi connectivity index (χ4v) is 1.38. The van der Waals surface area contributed by atoms with Crippen LogP contribution in [0.3, 0.4) is 0 Å². The fraction of sp³-hybridized carbons (Fsp3) is 0.333. The zero-order valence-corrected chi connectivity index (χ0v) is 8.49. The molecule has 0 radical (unpaired) electrons. The SMILES string of the molecule is C[NH2+]CC(O)c1cc(O)c(O)c(Cl)c1. The van der Waals surface area contributed by atoms with Gasteiger partial charge in [0.25, 0.3) is 0 Å². The van der Waals surface area contributed by atoms with Crippen LogP contribution in [-0.2, 0) is 0 Å². The van der Waals surface area contributed by atoms with Gasteiger partial charge in [0.1, 0.15) is 12.6 Å². The molecule has 14 heavy (non-hydrogen) atoms. The summed E-state index contributed by atoms with van der Waals surface area (Å²) in [7, 11) is 1.82. The van der Waals surface area contributed by atoms with Gasteiger partial charge in [0.05, 0.1) is 12.1 Å². The molecule has 1 rings (SSSR count). The summed E-state index contributed by atoms with van der Waals surface area (Å²) in [4.78, 5) is 0. The molecule has 0 heterocycles. The van der Waals surface area contributed by atoms with Crippen LogP contribution in [0.4, 0.5) is 0 Å². The van der Waals surface area contributed by atoms with E-state index >= 15 is 0 Å². The Balaban J connectivity index is 3.00. The van der Waals surface area contributed by atoms with Crippen LogP contribution in [0.1, 0.15) is 11.7 Å². The first-order valence-electron chi connectivity index (χ1n) is 4.23. The van der Waals surface area contributed by atoms with E-state index in [1.54, 1.807) is 0 Å². The molecule has 0 aliphatic rings. The van der Waals surface area contributed by atoms with Crippen LogP contribution in [0.5, 0.6) is 11.5 Å². The van der Waals surface area contributed by atoms with Crippen molar-refractivity contribution in [2.75, 3.05) is 13.6 Å². The van der Waals surface area contributed by atoms with E-state index in [-0.39, 0.29) is 16.5 Å². The summed E-state index contributed by atoms with van der Waals surface area (Å²) in [6.07, 6.45) is -0.705. The highest BCUT2D eigenvalue weighted by Crippen LogP contribution is 2.35. The molecule has 5 N–H and O–H groups in total. The molecule has 0 aliphatic carbocycles. The number of hydrogen-bond donors (Lipinski definition) is 4. The van der Waals surface area contributed by atoms with Gasteiger partial charge in [0.2, 0.25) is 0 Å². The minimum Gasteiger partial charge on any atom is -0.504 e. The number of phenolic OH excluding ortho intramolecular Hbond substituents is 2. The van der Waals surface area contributed by atoms with E-state index < -0.39 is 6.10 Å². The van der Waals surface area contributed by atoms with Gasteiger partial charge in [0, 0.05) is 0 Å². The number of rotatable bonds is 3. The lowest BCUT2D eigenvalue weighted by Gasteiger charge is -2.10. The summed E-state index contributed by atoms with van der Waals surface area (Å²) >= 11 is 5.63. The van der Waals surface area contributed by atoms with Crippen LogP contribution in [0.15, 0.2) is 12.1 Å². The molecule has 0 aromatic heterocycles. The Kier molecular flexibility index (Phi) is 3.57. The topological polar surface area (TPSA) is 77.3 Å². The Hall–Kier alpha value is -0.970. The molecule has 0 aliphatic heterocycles. The molecule has 1 aromatic rings. The van der Waals surface area contributed by atoms with E-state index in [0.717, 1.165) is 0 Å². The van der Waals surface area contributed by atoms with E-state index in [9.17, 15) is 15.3 Å². The highest BCUT2D eigenvalue weighted by Gasteiger charge is 2.13. The Bertz CT molecular complexity index is 307. The van der Waals surface area contributed by atoms with Crippen LogP contribution < -0.4 is 5.32 Å². The maximum atomic E-state index is 9.58. The third-order valence-corrected chi connectivity index (χ3v) is 2.20. The van der Waals surface area contributed by atoms with E-state index in [4.69, 9.17) is 11.6 Å². The molecule has 78 valence electrons. The fourth-order valence-electron chi connectivity index (χ4n) is 1.16. The Labute approximate surface area is 86.8 Å². The quantitative estimate of drug-likeness (QED) is 0.539. The number of benzene rings is 1. The zero-order chi connectivity index (χ0) is 10.7. The molecule has 0 saturated heterocycles. The lowest BCUT2D eigenvalue weighted by molar-refractivity contribution is -0.634.